The maximum Gasteiger partial charge on any atom is 0.242 e. The van der Waals surface area contributed by atoms with Crippen molar-refractivity contribution in [2.75, 3.05) is 11.4 Å². The molecule has 0 radical (unpaired) electrons. The van der Waals surface area contributed by atoms with E-state index in [4.69, 9.17) is 4.42 Å². The third-order valence-electron chi connectivity index (χ3n) is 4.15. The zero-order chi connectivity index (χ0) is 18.2. The van der Waals surface area contributed by atoms with Gasteiger partial charge < -0.3 is 9.32 Å². The van der Waals surface area contributed by atoms with Crippen molar-refractivity contribution in [2.45, 2.75) is 38.1 Å². The fraction of sp³-hybridized carbons (Fsp3) is 0.353. The number of nitrogens with zero attached hydrogens (tertiary/aromatic N) is 1. The number of carbonyl (C=O) groups excluding carboxylic acids is 1. The Morgan fingerprint density at radius 1 is 1.36 bits per heavy atom. The highest BCUT2D eigenvalue weighted by Crippen LogP contribution is 2.35. The lowest BCUT2D eigenvalue weighted by Crippen LogP contribution is -2.28. The monoisotopic (exact) mass is 426 g/mol. The molecule has 6 nitrogen and oxygen atoms in total. The first-order valence-electron chi connectivity index (χ1n) is 7.99. The molecule has 8 heteroatoms. The normalized spacial score (nSPS) is 14.0. The number of furan rings is 1. The summed E-state index contributed by atoms with van der Waals surface area (Å²) in [5.74, 6) is 1.26. The summed E-state index contributed by atoms with van der Waals surface area (Å²) >= 11 is 3.34. The maximum absolute atomic E-state index is 12.7. The molecule has 0 spiro atoms. The van der Waals surface area contributed by atoms with Gasteiger partial charge in [0.1, 0.15) is 11.5 Å². The molecule has 1 aliphatic heterocycles. The van der Waals surface area contributed by atoms with Crippen LogP contribution in [0.5, 0.6) is 0 Å². The molecule has 0 atom stereocenters. The number of carbonyl (C=O) groups is 1. The molecule has 1 aromatic heterocycles. The van der Waals surface area contributed by atoms with Crippen LogP contribution in [0, 0.1) is 6.92 Å². The smallest absolute Gasteiger partial charge is 0.242 e. The molecule has 1 aliphatic rings. The van der Waals surface area contributed by atoms with Crippen molar-refractivity contribution in [3.8, 4) is 0 Å². The number of halogens is 1. The molecule has 0 aliphatic carbocycles. The average Bonchev–Trinajstić information content (AvgIpc) is 3.17. The van der Waals surface area contributed by atoms with Crippen molar-refractivity contribution < 1.29 is 17.6 Å². The number of rotatable bonds is 5. The Kier molecular flexibility index (Phi) is 5.04. The van der Waals surface area contributed by atoms with E-state index >= 15 is 0 Å². The number of sulfonamides is 1. The molecule has 1 amide bonds. The summed E-state index contributed by atoms with van der Waals surface area (Å²) in [6.45, 7) is 4.24. The molecule has 1 aromatic carbocycles. The quantitative estimate of drug-likeness (QED) is 0.795. The van der Waals surface area contributed by atoms with Gasteiger partial charge in [-0.3, -0.25) is 4.79 Å². The summed E-state index contributed by atoms with van der Waals surface area (Å²) in [5.41, 5.74) is 1.64. The topological polar surface area (TPSA) is 79.6 Å². The molecule has 0 saturated carbocycles. The van der Waals surface area contributed by atoms with Gasteiger partial charge in [-0.25, -0.2) is 13.1 Å². The standard InChI is InChI=1S/C17H19BrN2O4S/c1-3-17(21)20-7-6-12-8-14(18)16(9-15(12)20)25(22,23)19-10-13-5-4-11(2)24-13/h4-5,8-9,19H,3,6-7,10H2,1-2H3. The minimum atomic E-state index is -3.75. The van der Waals surface area contributed by atoms with Crippen molar-refractivity contribution in [3.05, 3.63) is 45.8 Å². The minimum Gasteiger partial charge on any atom is -0.465 e. The van der Waals surface area contributed by atoms with E-state index < -0.39 is 10.0 Å². The first kappa shape index (κ1) is 18.2. The highest BCUT2D eigenvalue weighted by molar-refractivity contribution is 9.10. The van der Waals surface area contributed by atoms with E-state index in [1.807, 2.05) is 0 Å². The number of amides is 1. The van der Waals surface area contributed by atoms with Crippen LogP contribution in [0.2, 0.25) is 0 Å². The maximum atomic E-state index is 12.7. The number of benzene rings is 1. The highest BCUT2D eigenvalue weighted by Gasteiger charge is 2.28. The highest BCUT2D eigenvalue weighted by atomic mass is 79.9. The number of fused-ring (bicyclic) bond motifs is 1. The van der Waals surface area contributed by atoms with Gasteiger partial charge in [-0.15, -0.1) is 0 Å². The lowest BCUT2D eigenvalue weighted by Gasteiger charge is -2.18. The molecular formula is C17H19BrN2O4S. The van der Waals surface area contributed by atoms with E-state index in [-0.39, 0.29) is 17.3 Å². The third kappa shape index (κ3) is 3.65. The summed E-state index contributed by atoms with van der Waals surface area (Å²) in [6, 6.07) is 6.86. The van der Waals surface area contributed by atoms with Crippen LogP contribution in [0.3, 0.4) is 0 Å². The van der Waals surface area contributed by atoms with Gasteiger partial charge >= 0.3 is 0 Å². The molecule has 2 aromatic rings. The number of anilines is 1. The van der Waals surface area contributed by atoms with Gasteiger partial charge in [0.25, 0.3) is 0 Å². The molecule has 25 heavy (non-hydrogen) atoms. The van der Waals surface area contributed by atoms with E-state index in [9.17, 15) is 13.2 Å². The molecule has 0 saturated heterocycles. The van der Waals surface area contributed by atoms with Crippen LogP contribution in [0.4, 0.5) is 5.69 Å². The molecule has 0 fully saturated rings. The second kappa shape index (κ2) is 6.93. The van der Waals surface area contributed by atoms with Gasteiger partial charge in [0.2, 0.25) is 15.9 Å². The van der Waals surface area contributed by atoms with Crippen LogP contribution in [0.1, 0.15) is 30.4 Å². The Hall–Kier alpha value is -1.64. The Labute approximate surface area is 155 Å². The van der Waals surface area contributed by atoms with Crippen molar-refractivity contribution in [2.24, 2.45) is 0 Å². The first-order chi connectivity index (χ1) is 11.8. The van der Waals surface area contributed by atoms with Gasteiger partial charge in [0.05, 0.1) is 11.4 Å². The largest absolute Gasteiger partial charge is 0.465 e. The van der Waals surface area contributed by atoms with Gasteiger partial charge in [0.15, 0.2) is 0 Å². The second-order valence-corrected chi connectivity index (χ2v) is 8.49. The lowest BCUT2D eigenvalue weighted by atomic mass is 10.2. The predicted octanol–water partition coefficient (Wildman–Crippen LogP) is 3.13. The first-order valence-corrected chi connectivity index (χ1v) is 10.3. The van der Waals surface area contributed by atoms with Crippen molar-refractivity contribution in [1.82, 2.24) is 4.72 Å². The van der Waals surface area contributed by atoms with Crippen LogP contribution >= 0.6 is 15.9 Å². The number of nitrogens with one attached hydrogen (secondary N) is 1. The number of hydrogen-bond acceptors (Lipinski definition) is 4. The summed E-state index contributed by atoms with van der Waals surface area (Å²) in [6.07, 6.45) is 1.10. The summed E-state index contributed by atoms with van der Waals surface area (Å²) in [5, 5.41) is 0. The Morgan fingerprint density at radius 2 is 2.12 bits per heavy atom. The van der Waals surface area contributed by atoms with E-state index in [1.165, 1.54) is 0 Å². The molecule has 1 N–H and O–H groups in total. The van der Waals surface area contributed by atoms with Crippen molar-refractivity contribution in [1.29, 1.82) is 0 Å². The van der Waals surface area contributed by atoms with Crippen LogP contribution in [0.15, 0.2) is 38.1 Å². The number of hydrogen-bond donors (Lipinski definition) is 1. The van der Waals surface area contributed by atoms with Gasteiger partial charge in [-0.1, -0.05) is 6.92 Å². The fourth-order valence-corrected chi connectivity index (χ4v) is 4.97. The number of aryl methyl sites for hydroxylation is 1. The van der Waals surface area contributed by atoms with Crippen LogP contribution < -0.4 is 9.62 Å². The third-order valence-corrected chi connectivity index (χ3v) is 6.51. The SMILES string of the molecule is CCC(=O)N1CCc2cc(Br)c(S(=O)(=O)NCc3ccc(C)o3)cc21. The Bertz CT molecular complexity index is 921. The minimum absolute atomic E-state index is 0.0107. The molecule has 2 heterocycles. The lowest BCUT2D eigenvalue weighted by molar-refractivity contribution is -0.118. The predicted molar refractivity (Wildman–Crippen MR) is 98.0 cm³/mol. The molecule has 0 unspecified atom stereocenters. The summed E-state index contributed by atoms with van der Waals surface area (Å²) < 4.78 is 33.8. The van der Waals surface area contributed by atoms with E-state index in [0.717, 1.165) is 17.7 Å². The van der Waals surface area contributed by atoms with Crippen LogP contribution in [-0.2, 0) is 27.8 Å². The summed E-state index contributed by atoms with van der Waals surface area (Å²) in [7, 11) is -3.75. The van der Waals surface area contributed by atoms with Crippen molar-refractivity contribution in [3.63, 3.8) is 0 Å². The molecule has 0 bridgehead atoms. The van der Waals surface area contributed by atoms with E-state index in [2.05, 4.69) is 20.7 Å². The van der Waals surface area contributed by atoms with Crippen LogP contribution in [0.25, 0.3) is 0 Å². The Morgan fingerprint density at radius 3 is 2.76 bits per heavy atom. The van der Waals surface area contributed by atoms with Gasteiger partial charge in [0, 0.05) is 23.1 Å². The Balaban J connectivity index is 1.89. The van der Waals surface area contributed by atoms with E-state index in [0.29, 0.717) is 28.9 Å². The molecule has 134 valence electrons. The molecule has 3 rings (SSSR count). The summed E-state index contributed by atoms with van der Waals surface area (Å²) in [4.78, 5) is 13.8. The van der Waals surface area contributed by atoms with E-state index in [1.54, 1.807) is 43.0 Å². The zero-order valence-electron chi connectivity index (χ0n) is 14.0. The second-order valence-electron chi connectivity index (χ2n) is 5.90. The average molecular weight is 427 g/mol. The van der Waals surface area contributed by atoms with Crippen molar-refractivity contribution >= 4 is 37.5 Å². The van der Waals surface area contributed by atoms with Crippen LogP contribution in [-0.4, -0.2) is 20.9 Å². The van der Waals surface area contributed by atoms with Gasteiger partial charge in [-0.2, -0.15) is 0 Å². The zero-order valence-corrected chi connectivity index (χ0v) is 16.4. The van der Waals surface area contributed by atoms with Gasteiger partial charge in [-0.05, 0) is 59.1 Å². The fourth-order valence-electron chi connectivity index (χ4n) is 2.87. The molecular weight excluding hydrogens is 408 g/mol.